The summed E-state index contributed by atoms with van der Waals surface area (Å²) in [4.78, 5) is 12.4. The van der Waals surface area contributed by atoms with Gasteiger partial charge in [0.25, 0.3) is 0 Å². The van der Waals surface area contributed by atoms with E-state index in [0.717, 1.165) is 11.3 Å². The molecule has 1 aliphatic heterocycles. The molecule has 0 amide bonds. The van der Waals surface area contributed by atoms with Crippen molar-refractivity contribution in [3.63, 3.8) is 0 Å². The number of hydrogen-bond acceptors (Lipinski definition) is 5. The molecule has 1 saturated heterocycles. The molecule has 2 unspecified atom stereocenters. The van der Waals surface area contributed by atoms with E-state index < -0.39 is 11.1 Å². The van der Waals surface area contributed by atoms with E-state index in [9.17, 15) is 14.5 Å². The molecule has 1 N–H and O–H groups in total. The standard InChI is InChI=1S/C19H22FN3O3/c1-26-19-11-15(7-8-18(19)23(24)25)22-10-9-17(16(20)13-22)21-12-14-5-3-2-4-6-14/h2-8,11,16-17,21H,9-10,12-13H2,1H3. The SMILES string of the molecule is COc1cc(N2CCC(NCc3ccccc3)C(F)C2)ccc1[N+](=O)[O-]. The monoisotopic (exact) mass is 359 g/mol. The number of rotatable bonds is 6. The third kappa shape index (κ3) is 4.11. The Balaban J connectivity index is 1.62. The number of nitrogens with zero attached hydrogens (tertiary/aromatic N) is 2. The molecule has 0 aliphatic carbocycles. The molecule has 138 valence electrons. The molecule has 2 aromatic carbocycles. The molecule has 1 heterocycles. The van der Waals surface area contributed by atoms with Crippen LogP contribution in [0.15, 0.2) is 48.5 Å². The summed E-state index contributed by atoms with van der Waals surface area (Å²) in [6, 6.07) is 14.4. The van der Waals surface area contributed by atoms with Gasteiger partial charge in [0, 0.05) is 37.0 Å². The highest BCUT2D eigenvalue weighted by molar-refractivity contribution is 5.59. The highest BCUT2D eigenvalue weighted by Gasteiger charge is 2.29. The second-order valence-electron chi connectivity index (χ2n) is 6.34. The Morgan fingerprint density at radius 1 is 1.31 bits per heavy atom. The van der Waals surface area contributed by atoms with Gasteiger partial charge in [-0.1, -0.05) is 30.3 Å². The molecule has 1 aliphatic rings. The van der Waals surface area contributed by atoms with Gasteiger partial charge >= 0.3 is 5.69 Å². The molecule has 26 heavy (non-hydrogen) atoms. The van der Waals surface area contributed by atoms with E-state index in [1.165, 1.54) is 13.2 Å². The van der Waals surface area contributed by atoms with Crippen molar-refractivity contribution in [3.8, 4) is 5.75 Å². The van der Waals surface area contributed by atoms with Crippen molar-refractivity contribution in [2.45, 2.75) is 25.2 Å². The maximum absolute atomic E-state index is 14.6. The van der Waals surface area contributed by atoms with Crippen LogP contribution in [-0.4, -0.2) is 37.3 Å². The van der Waals surface area contributed by atoms with Crippen molar-refractivity contribution in [1.82, 2.24) is 5.32 Å². The van der Waals surface area contributed by atoms with E-state index in [1.807, 2.05) is 35.2 Å². The van der Waals surface area contributed by atoms with Crippen LogP contribution in [0.4, 0.5) is 15.8 Å². The van der Waals surface area contributed by atoms with E-state index in [-0.39, 0.29) is 24.0 Å². The highest BCUT2D eigenvalue weighted by Crippen LogP contribution is 2.32. The van der Waals surface area contributed by atoms with Gasteiger partial charge in [-0.05, 0) is 18.1 Å². The predicted molar refractivity (Wildman–Crippen MR) is 98.4 cm³/mol. The van der Waals surface area contributed by atoms with E-state index in [1.54, 1.807) is 12.1 Å². The fourth-order valence-electron chi connectivity index (χ4n) is 3.23. The molecule has 0 spiro atoms. The first kappa shape index (κ1) is 18.1. The molecule has 2 aromatic rings. The summed E-state index contributed by atoms with van der Waals surface area (Å²) >= 11 is 0. The summed E-state index contributed by atoms with van der Waals surface area (Å²) in [6.07, 6.45) is -0.360. The Labute approximate surface area is 151 Å². The number of alkyl halides is 1. The number of halogens is 1. The van der Waals surface area contributed by atoms with Crippen LogP contribution in [0.2, 0.25) is 0 Å². The Morgan fingerprint density at radius 2 is 2.08 bits per heavy atom. The summed E-state index contributed by atoms with van der Waals surface area (Å²) in [5.41, 5.74) is 1.77. The Bertz CT molecular complexity index is 757. The van der Waals surface area contributed by atoms with Gasteiger partial charge in [-0.3, -0.25) is 10.1 Å². The maximum Gasteiger partial charge on any atom is 0.311 e. The van der Waals surface area contributed by atoms with Gasteiger partial charge in [0.1, 0.15) is 6.17 Å². The minimum absolute atomic E-state index is 0.0903. The lowest BCUT2D eigenvalue weighted by molar-refractivity contribution is -0.385. The van der Waals surface area contributed by atoms with E-state index in [4.69, 9.17) is 4.74 Å². The Morgan fingerprint density at radius 3 is 2.73 bits per heavy atom. The summed E-state index contributed by atoms with van der Waals surface area (Å²) in [6.45, 7) is 1.55. The van der Waals surface area contributed by atoms with Crippen LogP contribution >= 0.6 is 0 Å². The molecule has 0 saturated carbocycles. The third-order valence-electron chi connectivity index (χ3n) is 4.68. The van der Waals surface area contributed by atoms with Crippen molar-refractivity contribution in [2.75, 3.05) is 25.1 Å². The molecule has 3 rings (SSSR count). The number of piperidine rings is 1. The number of anilines is 1. The molecule has 0 radical (unpaired) electrons. The van der Waals surface area contributed by atoms with Crippen LogP contribution in [-0.2, 0) is 6.54 Å². The zero-order valence-corrected chi connectivity index (χ0v) is 14.6. The van der Waals surface area contributed by atoms with Crippen LogP contribution in [0.3, 0.4) is 0 Å². The number of nitro benzene ring substituents is 1. The van der Waals surface area contributed by atoms with Gasteiger partial charge in [-0.15, -0.1) is 0 Å². The second kappa shape index (κ2) is 8.14. The Hall–Kier alpha value is -2.67. The first-order valence-corrected chi connectivity index (χ1v) is 8.57. The van der Waals surface area contributed by atoms with E-state index in [2.05, 4.69) is 5.32 Å². The van der Waals surface area contributed by atoms with Crippen molar-refractivity contribution < 1.29 is 14.1 Å². The normalized spacial score (nSPS) is 20.0. The molecule has 0 aromatic heterocycles. The number of benzene rings is 2. The number of hydrogen-bond donors (Lipinski definition) is 1. The molecule has 6 nitrogen and oxygen atoms in total. The quantitative estimate of drug-likeness (QED) is 0.633. The lowest BCUT2D eigenvalue weighted by Gasteiger charge is -2.36. The summed E-state index contributed by atoms with van der Waals surface area (Å²) in [5, 5.41) is 14.3. The second-order valence-corrected chi connectivity index (χ2v) is 6.34. The summed E-state index contributed by atoms with van der Waals surface area (Å²) in [7, 11) is 1.39. The summed E-state index contributed by atoms with van der Waals surface area (Å²) < 4.78 is 19.7. The minimum Gasteiger partial charge on any atom is -0.490 e. The average molecular weight is 359 g/mol. The van der Waals surface area contributed by atoms with Gasteiger partial charge in [0.05, 0.1) is 18.6 Å². The highest BCUT2D eigenvalue weighted by atomic mass is 19.1. The number of methoxy groups -OCH3 is 1. The first-order chi connectivity index (χ1) is 12.6. The third-order valence-corrected chi connectivity index (χ3v) is 4.68. The van der Waals surface area contributed by atoms with Crippen LogP contribution in [0.25, 0.3) is 0 Å². The van der Waals surface area contributed by atoms with Crippen molar-refractivity contribution >= 4 is 11.4 Å². The van der Waals surface area contributed by atoms with E-state index in [0.29, 0.717) is 19.5 Å². The zero-order valence-electron chi connectivity index (χ0n) is 14.6. The van der Waals surface area contributed by atoms with E-state index >= 15 is 0 Å². The number of nitrogens with one attached hydrogen (secondary N) is 1. The van der Waals surface area contributed by atoms with Gasteiger partial charge in [0.15, 0.2) is 5.75 Å². The maximum atomic E-state index is 14.6. The lowest BCUT2D eigenvalue weighted by atomic mass is 10.0. The summed E-state index contributed by atoms with van der Waals surface area (Å²) in [5.74, 6) is 0.187. The number of ether oxygens (including phenoxy) is 1. The smallest absolute Gasteiger partial charge is 0.311 e. The van der Waals surface area contributed by atoms with Gasteiger partial charge < -0.3 is 15.0 Å². The Kier molecular flexibility index (Phi) is 5.68. The molecule has 2 atom stereocenters. The van der Waals surface area contributed by atoms with Gasteiger partial charge in [-0.25, -0.2) is 4.39 Å². The largest absolute Gasteiger partial charge is 0.490 e. The zero-order chi connectivity index (χ0) is 18.5. The molecule has 1 fully saturated rings. The molecular formula is C19H22FN3O3. The first-order valence-electron chi connectivity index (χ1n) is 8.57. The average Bonchev–Trinajstić information content (AvgIpc) is 2.67. The number of nitro groups is 1. The van der Waals surface area contributed by atoms with Crippen molar-refractivity contribution in [2.24, 2.45) is 0 Å². The fourth-order valence-corrected chi connectivity index (χ4v) is 3.23. The fraction of sp³-hybridized carbons (Fsp3) is 0.368. The van der Waals surface area contributed by atoms with Crippen molar-refractivity contribution in [1.29, 1.82) is 0 Å². The van der Waals surface area contributed by atoms with Crippen LogP contribution < -0.4 is 15.0 Å². The predicted octanol–water partition coefficient (Wildman–Crippen LogP) is 3.31. The molecule has 7 heteroatoms. The van der Waals surface area contributed by atoms with Gasteiger partial charge in [0.2, 0.25) is 0 Å². The van der Waals surface area contributed by atoms with Crippen LogP contribution in [0.1, 0.15) is 12.0 Å². The topological polar surface area (TPSA) is 67.6 Å². The van der Waals surface area contributed by atoms with Gasteiger partial charge in [-0.2, -0.15) is 0 Å². The molecular weight excluding hydrogens is 337 g/mol. The lowest BCUT2D eigenvalue weighted by Crippen LogP contribution is -2.50. The minimum atomic E-state index is -1.02. The van der Waals surface area contributed by atoms with Crippen LogP contribution in [0.5, 0.6) is 5.75 Å². The molecule has 0 bridgehead atoms. The van der Waals surface area contributed by atoms with Crippen LogP contribution in [0, 0.1) is 10.1 Å². The van der Waals surface area contributed by atoms with Crippen molar-refractivity contribution in [3.05, 3.63) is 64.2 Å².